The van der Waals surface area contributed by atoms with E-state index in [-0.39, 0.29) is 6.23 Å². The molecule has 0 saturated carbocycles. The van der Waals surface area contributed by atoms with Crippen molar-refractivity contribution < 1.29 is 4.74 Å². The van der Waals surface area contributed by atoms with Crippen LogP contribution in [0.3, 0.4) is 0 Å². The van der Waals surface area contributed by atoms with Crippen LogP contribution in [-0.2, 0) is 4.74 Å². The van der Waals surface area contributed by atoms with E-state index in [9.17, 15) is 0 Å². The summed E-state index contributed by atoms with van der Waals surface area (Å²) in [7, 11) is 1.57. The number of isothiocyanates is 1. The third kappa shape index (κ3) is 3.59. The molecule has 0 aliphatic rings. The van der Waals surface area contributed by atoms with Gasteiger partial charge in [-0.1, -0.05) is 0 Å². The van der Waals surface area contributed by atoms with Crippen LogP contribution >= 0.6 is 12.2 Å². The van der Waals surface area contributed by atoms with Crippen LogP contribution in [-0.4, -0.2) is 18.5 Å². The number of ether oxygens (including phenoxy) is 1. The molecular formula is C4H7NOS. The summed E-state index contributed by atoms with van der Waals surface area (Å²) >= 11 is 4.30. The highest BCUT2D eigenvalue weighted by Crippen LogP contribution is 1.84. The Labute approximate surface area is 48.2 Å². The molecule has 0 aliphatic carbocycles. The van der Waals surface area contributed by atoms with E-state index in [2.05, 4.69) is 22.4 Å². The van der Waals surface area contributed by atoms with Gasteiger partial charge in [0.2, 0.25) is 0 Å². The van der Waals surface area contributed by atoms with Gasteiger partial charge in [-0.3, -0.25) is 0 Å². The lowest BCUT2D eigenvalue weighted by atomic mass is 10.7. The van der Waals surface area contributed by atoms with Crippen LogP contribution in [0.1, 0.15) is 6.92 Å². The molecule has 0 aromatic heterocycles. The maximum atomic E-state index is 4.69. The third-order valence-corrected chi connectivity index (χ3v) is 0.681. The fourth-order valence-electron chi connectivity index (χ4n) is 0.127. The largest absolute Gasteiger partial charge is 0.359 e. The number of rotatable bonds is 2. The first kappa shape index (κ1) is 6.76. The van der Waals surface area contributed by atoms with Gasteiger partial charge in [-0.15, -0.1) is 0 Å². The van der Waals surface area contributed by atoms with E-state index < -0.39 is 0 Å². The molecule has 0 aromatic rings. The summed E-state index contributed by atoms with van der Waals surface area (Å²) in [6.07, 6.45) is -0.141. The van der Waals surface area contributed by atoms with Crippen molar-refractivity contribution in [3.63, 3.8) is 0 Å². The smallest absolute Gasteiger partial charge is 0.154 e. The Kier molecular flexibility index (Phi) is 3.80. The zero-order chi connectivity index (χ0) is 5.70. The lowest BCUT2D eigenvalue weighted by Gasteiger charge is -1.95. The standard InChI is InChI=1S/C4H7NOS/c1-4(6-2)5-3-7/h4H,1-2H3. The van der Waals surface area contributed by atoms with Gasteiger partial charge in [-0.25, -0.2) is 4.99 Å². The fourth-order valence-corrected chi connectivity index (χ4v) is 0.275. The zero-order valence-corrected chi connectivity index (χ0v) is 5.16. The first-order valence-corrected chi connectivity index (χ1v) is 2.32. The average molecular weight is 117 g/mol. The number of aliphatic imine (C=N–C) groups is 1. The van der Waals surface area contributed by atoms with Gasteiger partial charge < -0.3 is 4.74 Å². The molecule has 1 atom stereocenters. The van der Waals surface area contributed by atoms with Gasteiger partial charge in [0.25, 0.3) is 0 Å². The van der Waals surface area contributed by atoms with Gasteiger partial charge in [0.1, 0.15) is 0 Å². The van der Waals surface area contributed by atoms with Crippen LogP contribution in [0, 0.1) is 0 Å². The fraction of sp³-hybridized carbons (Fsp3) is 0.750. The van der Waals surface area contributed by atoms with Gasteiger partial charge in [-0.05, 0) is 19.1 Å². The van der Waals surface area contributed by atoms with Crippen LogP contribution in [0.4, 0.5) is 0 Å². The van der Waals surface area contributed by atoms with E-state index in [1.54, 1.807) is 14.0 Å². The summed E-state index contributed by atoms with van der Waals surface area (Å²) < 4.78 is 4.69. The van der Waals surface area contributed by atoms with Crippen molar-refractivity contribution in [1.29, 1.82) is 0 Å². The monoisotopic (exact) mass is 117 g/mol. The summed E-state index contributed by atoms with van der Waals surface area (Å²) in [5, 5.41) is 2.20. The molecule has 0 aromatic carbocycles. The summed E-state index contributed by atoms with van der Waals surface area (Å²) in [5.41, 5.74) is 0. The maximum Gasteiger partial charge on any atom is 0.154 e. The van der Waals surface area contributed by atoms with Crippen LogP contribution in [0.2, 0.25) is 0 Å². The number of thiocarbonyl (C=S) groups is 1. The second-order valence-corrected chi connectivity index (χ2v) is 1.24. The molecular weight excluding hydrogens is 110 g/mol. The third-order valence-electron chi connectivity index (χ3n) is 0.576. The highest BCUT2D eigenvalue weighted by molar-refractivity contribution is 7.78. The topological polar surface area (TPSA) is 21.6 Å². The van der Waals surface area contributed by atoms with Gasteiger partial charge in [0.05, 0.1) is 5.16 Å². The minimum absolute atomic E-state index is 0.141. The molecule has 40 valence electrons. The van der Waals surface area contributed by atoms with E-state index in [1.807, 2.05) is 0 Å². The van der Waals surface area contributed by atoms with E-state index >= 15 is 0 Å². The first-order chi connectivity index (χ1) is 3.31. The Hall–Kier alpha value is -0.240. The quantitative estimate of drug-likeness (QED) is 0.399. The predicted octanol–water partition coefficient (Wildman–Crippen LogP) is 1.08. The normalized spacial score (nSPS) is 12.3. The molecule has 7 heavy (non-hydrogen) atoms. The molecule has 0 fully saturated rings. The molecule has 0 aliphatic heterocycles. The molecule has 0 N–H and O–H groups in total. The van der Waals surface area contributed by atoms with Crippen LogP contribution in [0.5, 0.6) is 0 Å². The molecule has 0 spiro atoms. The van der Waals surface area contributed by atoms with Crippen molar-refractivity contribution in [1.82, 2.24) is 0 Å². The Morgan fingerprint density at radius 1 is 1.86 bits per heavy atom. The Bertz CT molecular complexity index is 87.7. The average Bonchev–Trinajstić information content (AvgIpc) is 1.68. The minimum Gasteiger partial charge on any atom is -0.359 e. The zero-order valence-electron chi connectivity index (χ0n) is 4.34. The summed E-state index contributed by atoms with van der Waals surface area (Å²) in [6, 6.07) is 0. The van der Waals surface area contributed by atoms with Crippen molar-refractivity contribution in [2.24, 2.45) is 4.99 Å². The molecule has 0 rings (SSSR count). The molecule has 0 saturated heterocycles. The van der Waals surface area contributed by atoms with E-state index in [1.165, 1.54) is 0 Å². The van der Waals surface area contributed by atoms with Gasteiger partial charge >= 0.3 is 0 Å². The Balaban J connectivity index is 3.35. The van der Waals surface area contributed by atoms with Gasteiger partial charge in [-0.2, -0.15) is 0 Å². The summed E-state index contributed by atoms with van der Waals surface area (Å²) in [5.74, 6) is 0. The summed E-state index contributed by atoms with van der Waals surface area (Å²) in [4.78, 5) is 3.59. The SMILES string of the molecule is COC(C)N=C=S. The maximum absolute atomic E-state index is 4.69. The highest BCUT2D eigenvalue weighted by Gasteiger charge is 1.86. The lowest BCUT2D eigenvalue weighted by molar-refractivity contribution is 0.127. The van der Waals surface area contributed by atoms with Crippen molar-refractivity contribution in [3.05, 3.63) is 0 Å². The molecule has 3 heteroatoms. The van der Waals surface area contributed by atoms with Gasteiger partial charge in [0.15, 0.2) is 6.23 Å². The number of hydrogen-bond acceptors (Lipinski definition) is 3. The molecule has 0 amide bonds. The summed E-state index contributed by atoms with van der Waals surface area (Å²) in [6.45, 7) is 1.79. The lowest BCUT2D eigenvalue weighted by Crippen LogP contribution is -1.97. The Morgan fingerprint density at radius 2 is 2.43 bits per heavy atom. The molecule has 0 bridgehead atoms. The van der Waals surface area contributed by atoms with Crippen LogP contribution in [0.15, 0.2) is 4.99 Å². The van der Waals surface area contributed by atoms with E-state index in [0.717, 1.165) is 0 Å². The van der Waals surface area contributed by atoms with E-state index in [4.69, 9.17) is 4.74 Å². The molecule has 1 unspecified atom stereocenters. The van der Waals surface area contributed by atoms with Crippen LogP contribution < -0.4 is 0 Å². The molecule has 2 nitrogen and oxygen atoms in total. The number of methoxy groups -OCH3 is 1. The second kappa shape index (κ2) is 3.93. The second-order valence-electron chi connectivity index (χ2n) is 1.06. The molecule has 0 radical (unpaired) electrons. The van der Waals surface area contributed by atoms with Crippen molar-refractivity contribution in [2.75, 3.05) is 7.11 Å². The van der Waals surface area contributed by atoms with Gasteiger partial charge in [0, 0.05) is 7.11 Å². The molecule has 0 heterocycles. The van der Waals surface area contributed by atoms with Crippen molar-refractivity contribution in [2.45, 2.75) is 13.2 Å². The predicted molar refractivity (Wildman–Crippen MR) is 31.5 cm³/mol. The van der Waals surface area contributed by atoms with E-state index in [0.29, 0.717) is 0 Å². The van der Waals surface area contributed by atoms with Crippen LogP contribution in [0.25, 0.3) is 0 Å². The Morgan fingerprint density at radius 3 is 2.57 bits per heavy atom. The number of nitrogens with zero attached hydrogens (tertiary/aromatic N) is 1. The minimum atomic E-state index is -0.141. The van der Waals surface area contributed by atoms with Crippen molar-refractivity contribution >= 4 is 17.4 Å². The first-order valence-electron chi connectivity index (χ1n) is 1.91. The highest BCUT2D eigenvalue weighted by atomic mass is 32.1. The van der Waals surface area contributed by atoms with Crippen molar-refractivity contribution in [3.8, 4) is 0 Å². The number of hydrogen-bond donors (Lipinski definition) is 0.